The highest BCUT2D eigenvalue weighted by atomic mass is 16.6. The monoisotopic (exact) mass is 313 g/mol. The van der Waals surface area contributed by atoms with Crippen LogP contribution in [-0.2, 0) is 11.2 Å². The molecule has 0 atom stereocenters. The lowest BCUT2D eigenvalue weighted by atomic mass is 10.1. The van der Waals surface area contributed by atoms with Gasteiger partial charge in [-0.3, -0.25) is 14.9 Å². The molecule has 0 heterocycles. The van der Waals surface area contributed by atoms with E-state index >= 15 is 0 Å². The second kappa shape index (κ2) is 7.93. The first-order valence-electron chi connectivity index (χ1n) is 7.36. The van der Waals surface area contributed by atoms with Crippen molar-refractivity contribution in [3.8, 4) is 0 Å². The fraction of sp³-hybridized carbons (Fsp3) is 0.235. The molecule has 0 saturated carbocycles. The molecule has 2 rings (SSSR count). The average molecular weight is 313 g/mol. The van der Waals surface area contributed by atoms with Gasteiger partial charge in [-0.2, -0.15) is 0 Å². The van der Waals surface area contributed by atoms with Crippen molar-refractivity contribution >= 4 is 17.3 Å². The van der Waals surface area contributed by atoms with Gasteiger partial charge in [-0.1, -0.05) is 36.4 Å². The van der Waals surface area contributed by atoms with Crippen LogP contribution in [-0.4, -0.2) is 23.9 Å². The fourth-order valence-corrected chi connectivity index (χ4v) is 2.24. The Morgan fingerprint density at radius 3 is 2.57 bits per heavy atom. The summed E-state index contributed by atoms with van der Waals surface area (Å²) < 4.78 is 0. The molecule has 0 spiro atoms. The number of nitro groups is 1. The standard InChI is InChI=1S/C17H19N3O3/c1-13-15(8-5-9-16(13)20(22)23)19-12-17(21)18-11-10-14-6-3-2-4-7-14/h2-9,19H,10-12H2,1H3,(H,18,21). The number of anilines is 1. The average Bonchev–Trinajstić information content (AvgIpc) is 2.54. The van der Waals surface area contributed by atoms with Crippen LogP contribution in [0.2, 0.25) is 0 Å². The van der Waals surface area contributed by atoms with Gasteiger partial charge in [0.1, 0.15) is 0 Å². The number of hydrogen-bond donors (Lipinski definition) is 2. The molecule has 120 valence electrons. The Kier molecular flexibility index (Phi) is 5.68. The van der Waals surface area contributed by atoms with E-state index in [1.54, 1.807) is 19.1 Å². The number of benzene rings is 2. The van der Waals surface area contributed by atoms with E-state index in [9.17, 15) is 14.9 Å². The van der Waals surface area contributed by atoms with Crippen molar-refractivity contribution in [2.24, 2.45) is 0 Å². The third-order valence-electron chi connectivity index (χ3n) is 3.52. The zero-order valence-electron chi connectivity index (χ0n) is 12.9. The van der Waals surface area contributed by atoms with Gasteiger partial charge >= 0.3 is 0 Å². The maximum atomic E-state index is 11.8. The number of carbonyl (C=O) groups is 1. The van der Waals surface area contributed by atoms with E-state index in [0.29, 0.717) is 17.8 Å². The molecule has 0 fully saturated rings. The van der Waals surface area contributed by atoms with E-state index in [0.717, 1.165) is 12.0 Å². The van der Waals surface area contributed by atoms with Gasteiger partial charge in [0, 0.05) is 23.9 Å². The topological polar surface area (TPSA) is 84.3 Å². The van der Waals surface area contributed by atoms with Crippen molar-refractivity contribution in [1.82, 2.24) is 5.32 Å². The van der Waals surface area contributed by atoms with E-state index in [1.165, 1.54) is 6.07 Å². The second-order valence-corrected chi connectivity index (χ2v) is 5.15. The summed E-state index contributed by atoms with van der Waals surface area (Å²) in [4.78, 5) is 22.3. The second-order valence-electron chi connectivity index (χ2n) is 5.15. The summed E-state index contributed by atoms with van der Waals surface area (Å²) in [6.45, 7) is 2.29. The van der Waals surface area contributed by atoms with Gasteiger partial charge in [0.15, 0.2) is 0 Å². The summed E-state index contributed by atoms with van der Waals surface area (Å²) in [5.41, 5.74) is 2.32. The minimum absolute atomic E-state index is 0.0412. The van der Waals surface area contributed by atoms with Crippen molar-refractivity contribution in [3.63, 3.8) is 0 Å². The highest BCUT2D eigenvalue weighted by molar-refractivity contribution is 5.81. The van der Waals surface area contributed by atoms with Crippen LogP contribution in [0.15, 0.2) is 48.5 Å². The summed E-state index contributed by atoms with van der Waals surface area (Å²) in [7, 11) is 0. The zero-order valence-corrected chi connectivity index (χ0v) is 12.9. The molecular weight excluding hydrogens is 294 g/mol. The molecule has 23 heavy (non-hydrogen) atoms. The molecular formula is C17H19N3O3. The molecule has 2 aromatic carbocycles. The number of carbonyl (C=O) groups excluding carboxylic acids is 1. The fourth-order valence-electron chi connectivity index (χ4n) is 2.24. The van der Waals surface area contributed by atoms with Crippen LogP contribution in [0, 0.1) is 17.0 Å². The van der Waals surface area contributed by atoms with E-state index in [4.69, 9.17) is 0 Å². The zero-order chi connectivity index (χ0) is 16.7. The Balaban J connectivity index is 1.81. The van der Waals surface area contributed by atoms with Crippen LogP contribution in [0.4, 0.5) is 11.4 Å². The van der Waals surface area contributed by atoms with Crippen molar-refractivity contribution < 1.29 is 9.72 Å². The summed E-state index contributed by atoms with van der Waals surface area (Å²) in [6.07, 6.45) is 0.766. The Morgan fingerprint density at radius 2 is 1.87 bits per heavy atom. The number of amides is 1. The SMILES string of the molecule is Cc1c(NCC(=O)NCCc2ccccc2)cccc1[N+](=O)[O-]. The Labute approximate surface area is 134 Å². The highest BCUT2D eigenvalue weighted by Crippen LogP contribution is 2.24. The van der Waals surface area contributed by atoms with Crippen molar-refractivity contribution in [3.05, 3.63) is 69.8 Å². The van der Waals surface area contributed by atoms with Crippen LogP contribution in [0.1, 0.15) is 11.1 Å². The maximum Gasteiger partial charge on any atom is 0.274 e. The summed E-state index contributed by atoms with van der Waals surface area (Å²) in [5, 5.41) is 16.6. The van der Waals surface area contributed by atoms with E-state index in [-0.39, 0.29) is 18.1 Å². The van der Waals surface area contributed by atoms with E-state index in [2.05, 4.69) is 10.6 Å². The van der Waals surface area contributed by atoms with Gasteiger partial charge in [0.25, 0.3) is 5.69 Å². The Bertz CT molecular complexity index is 687. The van der Waals surface area contributed by atoms with Crippen molar-refractivity contribution in [2.45, 2.75) is 13.3 Å². The van der Waals surface area contributed by atoms with Gasteiger partial charge in [-0.25, -0.2) is 0 Å². The molecule has 2 N–H and O–H groups in total. The lowest BCUT2D eigenvalue weighted by Crippen LogP contribution is -2.31. The number of hydrogen-bond acceptors (Lipinski definition) is 4. The molecule has 1 amide bonds. The van der Waals surface area contributed by atoms with Gasteiger partial charge in [-0.15, -0.1) is 0 Å². The lowest BCUT2D eigenvalue weighted by Gasteiger charge is -2.10. The molecule has 0 aliphatic heterocycles. The minimum atomic E-state index is -0.430. The molecule has 2 aromatic rings. The van der Waals surface area contributed by atoms with E-state index in [1.807, 2.05) is 30.3 Å². The quantitative estimate of drug-likeness (QED) is 0.608. The molecule has 0 radical (unpaired) electrons. The van der Waals surface area contributed by atoms with Crippen molar-refractivity contribution in [1.29, 1.82) is 0 Å². The third-order valence-corrected chi connectivity index (χ3v) is 3.52. The van der Waals surface area contributed by atoms with Crippen LogP contribution < -0.4 is 10.6 Å². The number of rotatable bonds is 7. The third kappa shape index (κ3) is 4.81. The molecule has 0 unspecified atom stereocenters. The molecule has 0 aliphatic rings. The predicted octanol–water partition coefficient (Wildman–Crippen LogP) is 2.67. The Morgan fingerprint density at radius 1 is 1.13 bits per heavy atom. The van der Waals surface area contributed by atoms with Gasteiger partial charge in [0.2, 0.25) is 5.91 Å². The molecule has 6 nitrogen and oxygen atoms in total. The first-order valence-corrected chi connectivity index (χ1v) is 7.36. The summed E-state index contributed by atoms with van der Waals surface area (Å²) >= 11 is 0. The Hall–Kier alpha value is -2.89. The smallest absolute Gasteiger partial charge is 0.274 e. The molecule has 0 saturated heterocycles. The van der Waals surface area contributed by atoms with Crippen LogP contribution >= 0.6 is 0 Å². The van der Waals surface area contributed by atoms with Gasteiger partial charge in [0.05, 0.1) is 11.5 Å². The summed E-state index contributed by atoms with van der Waals surface area (Å²) in [6, 6.07) is 14.7. The first kappa shape index (κ1) is 16.5. The number of nitro benzene ring substituents is 1. The van der Waals surface area contributed by atoms with Crippen LogP contribution in [0.5, 0.6) is 0 Å². The first-order chi connectivity index (χ1) is 11.1. The van der Waals surface area contributed by atoms with Gasteiger partial charge in [-0.05, 0) is 25.0 Å². The largest absolute Gasteiger partial charge is 0.376 e. The lowest BCUT2D eigenvalue weighted by molar-refractivity contribution is -0.385. The van der Waals surface area contributed by atoms with Crippen LogP contribution in [0.3, 0.4) is 0 Å². The number of nitrogens with one attached hydrogen (secondary N) is 2. The van der Waals surface area contributed by atoms with Gasteiger partial charge < -0.3 is 10.6 Å². The number of nitrogens with zero attached hydrogens (tertiary/aromatic N) is 1. The maximum absolute atomic E-state index is 11.8. The molecule has 0 aromatic heterocycles. The van der Waals surface area contributed by atoms with Crippen LogP contribution in [0.25, 0.3) is 0 Å². The summed E-state index contributed by atoms with van der Waals surface area (Å²) in [5.74, 6) is -0.146. The predicted molar refractivity (Wildman–Crippen MR) is 89.5 cm³/mol. The molecule has 0 bridgehead atoms. The normalized spacial score (nSPS) is 10.1. The van der Waals surface area contributed by atoms with E-state index < -0.39 is 4.92 Å². The minimum Gasteiger partial charge on any atom is -0.376 e. The van der Waals surface area contributed by atoms with Crippen molar-refractivity contribution in [2.75, 3.05) is 18.4 Å². The molecule has 0 aliphatic carbocycles. The molecule has 6 heteroatoms. The highest BCUT2D eigenvalue weighted by Gasteiger charge is 2.13.